The van der Waals surface area contributed by atoms with Crippen LogP contribution >= 0.6 is 0 Å². The van der Waals surface area contributed by atoms with Crippen LogP contribution in [0.1, 0.15) is 27.2 Å². The molecule has 1 saturated heterocycles. The van der Waals surface area contributed by atoms with Gasteiger partial charge in [0.05, 0.1) is 12.8 Å². The van der Waals surface area contributed by atoms with Crippen LogP contribution in [0.25, 0.3) is 0 Å². The van der Waals surface area contributed by atoms with Crippen molar-refractivity contribution in [3.05, 3.63) is 24.3 Å². The molecular weight excluding hydrogens is 306 g/mol. The third kappa shape index (κ3) is 4.88. The van der Waals surface area contributed by atoms with E-state index in [1.54, 1.807) is 12.0 Å². The van der Waals surface area contributed by atoms with E-state index in [0.29, 0.717) is 13.1 Å². The van der Waals surface area contributed by atoms with Crippen molar-refractivity contribution in [2.24, 2.45) is 0 Å². The Hall–Kier alpha value is -2.24. The summed E-state index contributed by atoms with van der Waals surface area (Å²) in [5.41, 5.74) is 0.720. The Morgan fingerprint density at radius 1 is 1.12 bits per heavy atom. The number of rotatable bonds is 4. The molecule has 0 unspecified atom stereocenters. The summed E-state index contributed by atoms with van der Waals surface area (Å²) >= 11 is 0. The van der Waals surface area contributed by atoms with Crippen LogP contribution in [0.2, 0.25) is 0 Å². The highest BCUT2D eigenvalue weighted by molar-refractivity contribution is 5.97. The molecule has 6 nitrogen and oxygen atoms in total. The summed E-state index contributed by atoms with van der Waals surface area (Å²) in [6, 6.07) is 7.87. The van der Waals surface area contributed by atoms with Crippen molar-refractivity contribution in [1.29, 1.82) is 0 Å². The first-order chi connectivity index (χ1) is 11.3. The molecule has 1 aromatic carbocycles. The first-order valence-corrected chi connectivity index (χ1v) is 8.27. The lowest BCUT2D eigenvalue weighted by molar-refractivity contribution is -0.136. The molecule has 132 valence electrons. The van der Waals surface area contributed by atoms with E-state index in [4.69, 9.17) is 4.74 Å². The van der Waals surface area contributed by atoms with Crippen LogP contribution < -0.4 is 15.0 Å². The van der Waals surface area contributed by atoms with Crippen LogP contribution in [-0.2, 0) is 9.59 Å². The van der Waals surface area contributed by atoms with Crippen molar-refractivity contribution in [3.63, 3.8) is 0 Å². The number of ether oxygens (including phenoxy) is 1. The molecule has 0 bridgehead atoms. The van der Waals surface area contributed by atoms with Crippen molar-refractivity contribution in [2.45, 2.75) is 32.7 Å². The van der Waals surface area contributed by atoms with Gasteiger partial charge in [0.15, 0.2) is 0 Å². The zero-order chi connectivity index (χ0) is 17.7. The molecule has 1 aromatic rings. The van der Waals surface area contributed by atoms with Crippen molar-refractivity contribution < 1.29 is 14.3 Å². The fourth-order valence-corrected chi connectivity index (χ4v) is 2.80. The van der Waals surface area contributed by atoms with E-state index in [1.165, 1.54) is 0 Å². The van der Waals surface area contributed by atoms with E-state index < -0.39 is 0 Å². The summed E-state index contributed by atoms with van der Waals surface area (Å²) < 4.78 is 5.40. The number of anilines is 1. The number of nitrogens with one attached hydrogen (secondary N) is 1. The van der Waals surface area contributed by atoms with Crippen LogP contribution in [-0.4, -0.2) is 55.5 Å². The van der Waals surface area contributed by atoms with Crippen molar-refractivity contribution in [2.75, 3.05) is 38.2 Å². The minimum atomic E-state index is -0.320. The minimum absolute atomic E-state index is 0.0913. The summed E-state index contributed by atoms with van der Waals surface area (Å²) in [6.45, 7) is 8.39. The number of para-hydroxylation sites is 2. The maximum atomic E-state index is 12.3. The van der Waals surface area contributed by atoms with Gasteiger partial charge in [0.1, 0.15) is 12.2 Å². The summed E-state index contributed by atoms with van der Waals surface area (Å²) in [6.07, 6.45) is -0.0913. The number of hydrogen-bond acceptors (Lipinski definition) is 4. The van der Waals surface area contributed by atoms with Gasteiger partial charge >= 0.3 is 0 Å². The molecule has 1 aliphatic rings. The Labute approximate surface area is 143 Å². The smallest absolute Gasteiger partial charge is 0.232 e. The molecule has 2 rings (SSSR count). The van der Waals surface area contributed by atoms with Gasteiger partial charge < -0.3 is 19.9 Å². The molecule has 1 heterocycles. The highest BCUT2D eigenvalue weighted by Crippen LogP contribution is 2.28. The Balaban J connectivity index is 1.88. The van der Waals surface area contributed by atoms with Gasteiger partial charge in [0, 0.05) is 31.7 Å². The molecule has 0 aliphatic carbocycles. The molecule has 24 heavy (non-hydrogen) atoms. The number of carbonyl (C=O) groups is 2. The van der Waals surface area contributed by atoms with Crippen LogP contribution in [0.3, 0.4) is 0 Å². The Bertz CT molecular complexity index is 587. The second-order valence-electron chi connectivity index (χ2n) is 7.01. The Kier molecular flexibility index (Phi) is 5.70. The van der Waals surface area contributed by atoms with Gasteiger partial charge in [-0.3, -0.25) is 9.59 Å². The maximum absolute atomic E-state index is 12.3. The molecule has 0 spiro atoms. The van der Waals surface area contributed by atoms with Crippen LogP contribution in [0.5, 0.6) is 5.75 Å². The van der Waals surface area contributed by atoms with E-state index in [0.717, 1.165) is 24.5 Å². The van der Waals surface area contributed by atoms with Gasteiger partial charge in [-0.2, -0.15) is 0 Å². The molecule has 0 aromatic heterocycles. The fourth-order valence-electron chi connectivity index (χ4n) is 2.80. The zero-order valence-corrected chi connectivity index (χ0v) is 15.0. The largest absolute Gasteiger partial charge is 0.495 e. The van der Waals surface area contributed by atoms with Crippen molar-refractivity contribution in [3.8, 4) is 5.75 Å². The highest BCUT2D eigenvalue weighted by Gasteiger charge is 2.25. The monoisotopic (exact) mass is 333 g/mol. The first-order valence-electron chi connectivity index (χ1n) is 8.27. The van der Waals surface area contributed by atoms with Gasteiger partial charge in [0.25, 0.3) is 0 Å². The summed E-state index contributed by atoms with van der Waals surface area (Å²) in [7, 11) is 1.66. The molecule has 6 heteroatoms. The van der Waals surface area contributed by atoms with Gasteiger partial charge in [-0.1, -0.05) is 12.1 Å². The lowest BCUT2D eigenvalue weighted by Gasteiger charge is -2.36. The standard InChI is InChI=1S/C18H27N3O3/c1-18(2,3)19-16(22)13-17(23)21-11-9-20(10-12-21)14-7-5-6-8-15(14)24-4/h5-8H,9-13H2,1-4H3,(H,19,22). The second kappa shape index (κ2) is 7.55. The summed E-state index contributed by atoms with van der Waals surface area (Å²) in [5.74, 6) is 0.498. The fraction of sp³-hybridized carbons (Fsp3) is 0.556. The number of methoxy groups -OCH3 is 1. The Morgan fingerprint density at radius 3 is 2.33 bits per heavy atom. The van der Waals surface area contributed by atoms with Crippen LogP contribution in [0.15, 0.2) is 24.3 Å². The normalized spacial score (nSPS) is 15.2. The number of piperazine rings is 1. The van der Waals surface area contributed by atoms with E-state index in [2.05, 4.69) is 10.2 Å². The number of hydrogen-bond donors (Lipinski definition) is 1. The van der Waals surface area contributed by atoms with E-state index in [-0.39, 0.29) is 23.8 Å². The predicted octanol–water partition coefficient (Wildman–Crippen LogP) is 1.65. The predicted molar refractivity (Wildman–Crippen MR) is 94.3 cm³/mol. The van der Waals surface area contributed by atoms with Crippen LogP contribution in [0, 0.1) is 0 Å². The minimum Gasteiger partial charge on any atom is -0.495 e. The summed E-state index contributed by atoms with van der Waals surface area (Å²) in [5, 5.41) is 2.83. The average Bonchev–Trinajstić information content (AvgIpc) is 2.53. The number of nitrogens with zero attached hydrogens (tertiary/aromatic N) is 2. The number of carbonyl (C=O) groups excluding carboxylic acids is 2. The highest BCUT2D eigenvalue weighted by atomic mass is 16.5. The van der Waals surface area contributed by atoms with E-state index in [1.807, 2.05) is 45.0 Å². The summed E-state index contributed by atoms with van der Waals surface area (Å²) in [4.78, 5) is 28.1. The molecular formula is C18H27N3O3. The average molecular weight is 333 g/mol. The zero-order valence-electron chi connectivity index (χ0n) is 15.0. The molecule has 1 fully saturated rings. The second-order valence-corrected chi connectivity index (χ2v) is 7.01. The molecule has 1 aliphatic heterocycles. The lowest BCUT2D eigenvalue weighted by Crippen LogP contribution is -2.50. The topological polar surface area (TPSA) is 61.9 Å². The van der Waals surface area contributed by atoms with Crippen molar-refractivity contribution >= 4 is 17.5 Å². The lowest BCUT2D eigenvalue weighted by atomic mass is 10.1. The van der Waals surface area contributed by atoms with Crippen molar-refractivity contribution in [1.82, 2.24) is 10.2 Å². The molecule has 1 N–H and O–H groups in total. The third-order valence-electron chi connectivity index (χ3n) is 3.88. The van der Waals surface area contributed by atoms with Crippen LogP contribution in [0.4, 0.5) is 5.69 Å². The Morgan fingerprint density at radius 2 is 1.75 bits per heavy atom. The van der Waals surface area contributed by atoms with Gasteiger partial charge in [-0.05, 0) is 32.9 Å². The maximum Gasteiger partial charge on any atom is 0.232 e. The SMILES string of the molecule is COc1ccccc1N1CCN(C(=O)CC(=O)NC(C)(C)C)CC1. The number of benzene rings is 1. The molecule has 2 amide bonds. The quantitative estimate of drug-likeness (QED) is 0.851. The van der Waals surface area contributed by atoms with Gasteiger partial charge in [-0.15, -0.1) is 0 Å². The molecule has 0 saturated carbocycles. The molecule has 0 atom stereocenters. The van der Waals surface area contributed by atoms with Gasteiger partial charge in [0.2, 0.25) is 11.8 Å². The van der Waals surface area contributed by atoms with E-state index >= 15 is 0 Å². The first kappa shape index (κ1) is 18.1. The third-order valence-corrected chi connectivity index (χ3v) is 3.88. The van der Waals surface area contributed by atoms with Gasteiger partial charge in [-0.25, -0.2) is 0 Å². The van der Waals surface area contributed by atoms with E-state index in [9.17, 15) is 9.59 Å². The number of amides is 2. The molecule has 0 radical (unpaired) electrons.